The van der Waals surface area contributed by atoms with Crippen LogP contribution in [0.15, 0.2) is 77.1 Å². The van der Waals surface area contributed by atoms with E-state index >= 15 is 0 Å². The molecule has 0 aromatic heterocycles. The summed E-state index contributed by atoms with van der Waals surface area (Å²) in [4.78, 5) is 17.5. The Kier molecular flexibility index (Phi) is 7.68. The maximum absolute atomic E-state index is 14.7. The summed E-state index contributed by atoms with van der Waals surface area (Å²) in [7, 11) is 1.30. The van der Waals surface area contributed by atoms with Crippen molar-refractivity contribution >= 4 is 28.5 Å². The van der Waals surface area contributed by atoms with Gasteiger partial charge in [0.15, 0.2) is 17.3 Å². The van der Waals surface area contributed by atoms with Crippen LogP contribution in [0.3, 0.4) is 0 Å². The molecule has 1 aliphatic heterocycles. The Bertz CT molecular complexity index is 1490. The van der Waals surface area contributed by atoms with Gasteiger partial charge in [0.05, 0.1) is 18.5 Å². The van der Waals surface area contributed by atoms with Crippen molar-refractivity contribution in [3.63, 3.8) is 0 Å². The summed E-state index contributed by atoms with van der Waals surface area (Å²) in [6, 6.07) is 8.51. The van der Waals surface area contributed by atoms with Crippen molar-refractivity contribution in [3.8, 4) is 5.75 Å². The monoisotopic (exact) mass is 527 g/mol. The third-order valence-electron chi connectivity index (χ3n) is 7.58. The standard InChI is InChI=1S/C32H31F2N3O2/c1-19-15-23(11-12-24(19)28(38)17-26(35)20-7-3-4-8-20)37-27-10-6-5-9-21-16-22(18-36-32(21)27)25-13-14-29(39-2)31(34)30(25)33/h5-6,9-15,18,20,35,37H,3-4,7-8,16-17H2,1-2H3. The number of ketones is 1. The average Bonchev–Trinajstić information content (AvgIpc) is 3.40. The first kappa shape index (κ1) is 26.5. The number of anilines is 1. The van der Waals surface area contributed by atoms with Crippen molar-refractivity contribution in [1.82, 2.24) is 0 Å². The number of hydrogen-bond acceptors (Lipinski definition) is 5. The molecule has 0 amide bonds. The first-order valence-corrected chi connectivity index (χ1v) is 13.2. The van der Waals surface area contributed by atoms with E-state index in [0.717, 1.165) is 48.2 Å². The summed E-state index contributed by atoms with van der Waals surface area (Å²) >= 11 is 0. The molecule has 0 saturated heterocycles. The molecule has 0 unspecified atom stereocenters. The van der Waals surface area contributed by atoms with E-state index in [1.807, 2.05) is 49.4 Å². The SMILES string of the molecule is COc1ccc(C2=CN=C3C(=CC=CC=C3Nc3ccc(C(=O)CC(=N)C4CCCC4)c(C)c3)C2)c(F)c1F. The number of carbonyl (C=O) groups is 1. The van der Waals surface area contributed by atoms with Gasteiger partial charge in [-0.05, 0) is 78.8 Å². The minimum Gasteiger partial charge on any atom is -0.494 e. The van der Waals surface area contributed by atoms with Crippen LogP contribution < -0.4 is 10.1 Å². The minimum atomic E-state index is -1.02. The third-order valence-corrected chi connectivity index (χ3v) is 7.58. The van der Waals surface area contributed by atoms with Gasteiger partial charge < -0.3 is 15.5 Å². The highest BCUT2D eigenvalue weighted by atomic mass is 19.2. The Labute approximate surface area is 227 Å². The molecule has 5 rings (SSSR count). The molecule has 0 spiro atoms. The highest BCUT2D eigenvalue weighted by Gasteiger charge is 2.25. The quantitative estimate of drug-likeness (QED) is 0.272. The van der Waals surface area contributed by atoms with Gasteiger partial charge in [0.1, 0.15) is 0 Å². The fourth-order valence-corrected chi connectivity index (χ4v) is 5.44. The van der Waals surface area contributed by atoms with Crippen LogP contribution in [0.25, 0.3) is 5.57 Å². The molecular formula is C32H31F2N3O2. The van der Waals surface area contributed by atoms with Gasteiger partial charge in [-0.15, -0.1) is 0 Å². The molecule has 2 aromatic rings. The van der Waals surface area contributed by atoms with Crippen LogP contribution in [0, 0.1) is 29.9 Å². The van der Waals surface area contributed by atoms with Gasteiger partial charge in [0.25, 0.3) is 0 Å². The molecule has 200 valence electrons. The van der Waals surface area contributed by atoms with Crippen LogP contribution in [0.4, 0.5) is 14.5 Å². The number of benzene rings is 2. The molecule has 5 nitrogen and oxygen atoms in total. The second-order valence-electron chi connectivity index (χ2n) is 10.2. The lowest BCUT2D eigenvalue weighted by Crippen LogP contribution is -2.17. The number of Topliss-reactive ketones (excluding diaryl/α,β-unsaturated/α-hetero) is 1. The van der Waals surface area contributed by atoms with E-state index in [0.29, 0.717) is 29.0 Å². The Hall–Kier alpha value is -4.13. The van der Waals surface area contributed by atoms with E-state index in [9.17, 15) is 13.6 Å². The van der Waals surface area contributed by atoms with E-state index < -0.39 is 11.6 Å². The zero-order valence-corrected chi connectivity index (χ0v) is 22.1. The van der Waals surface area contributed by atoms with E-state index in [1.54, 1.807) is 6.20 Å². The summed E-state index contributed by atoms with van der Waals surface area (Å²) in [6.07, 6.45) is 14.0. The minimum absolute atomic E-state index is 0.0192. The number of halogens is 2. The molecule has 1 fully saturated rings. The maximum Gasteiger partial charge on any atom is 0.201 e. The number of allylic oxidation sites excluding steroid dienone is 6. The predicted molar refractivity (Wildman–Crippen MR) is 152 cm³/mol. The molecule has 2 aromatic carbocycles. The number of aryl methyl sites for hydroxylation is 1. The number of nitrogens with zero attached hydrogens (tertiary/aromatic N) is 1. The Morgan fingerprint density at radius 1 is 1.08 bits per heavy atom. The van der Waals surface area contributed by atoms with Gasteiger partial charge in [-0.2, -0.15) is 4.39 Å². The molecule has 0 bridgehead atoms. The lowest BCUT2D eigenvalue weighted by atomic mass is 9.92. The van der Waals surface area contributed by atoms with Crippen LogP contribution in [0.1, 0.15) is 60.0 Å². The fourth-order valence-electron chi connectivity index (χ4n) is 5.44. The normalized spacial score (nSPS) is 16.9. The van der Waals surface area contributed by atoms with Crippen LogP contribution in [0.2, 0.25) is 0 Å². The highest BCUT2D eigenvalue weighted by molar-refractivity contribution is 6.17. The zero-order chi connectivity index (χ0) is 27.5. The smallest absolute Gasteiger partial charge is 0.201 e. The van der Waals surface area contributed by atoms with Crippen molar-refractivity contribution in [2.75, 3.05) is 12.4 Å². The number of methoxy groups -OCH3 is 1. The van der Waals surface area contributed by atoms with Crippen molar-refractivity contribution in [2.45, 2.75) is 45.4 Å². The Morgan fingerprint density at radius 3 is 2.59 bits per heavy atom. The number of aliphatic imine (C=N–C) groups is 1. The van der Waals surface area contributed by atoms with E-state index in [-0.39, 0.29) is 29.4 Å². The van der Waals surface area contributed by atoms with Crippen LogP contribution >= 0.6 is 0 Å². The largest absolute Gasteiger partial charge is 0.494 e. The number of hydrogen-bond donors (Lipinski definition) is 2. The summed E-state index contributed by atoms with van der Waals surface area (Å²) in [5.41, 5.74) is 5.88. The lowest BCUT2D eigenvalue weighted by Gasteiger charge is -2.21. The fraction of sp³-hybridized carbons (Fsp3) is 0.281. The second-order valence-corrected chi connectivity index (χ2v) is 10.2. The van der Waals surface area contributed by atoms with Crippen molar-refractivity contribution in [3.05, 3.63) is 100 Å². The van der Waals surface area contributed by atoms with Gasteiger partial charge in [-0.25, -0.2) is 4.39 Å². The summed E-state index contributed by atoms with van der Waals surface area (Å²) < 4.78 is 33.9. The van der Waals surface area contributed by atoms with E-state index in [4.69, 9.17) is 10.1 Å². The second kappa shape index (κ2) is 11.3. The molecular weight excluding hydrogens is 496 g/mol. The molecule has 1 saturated carbocycles. The van der Waals surface area contributed by atoms with Crippen molar-refractivity contribution in [1.29, 1.82) is 5.41 Å². The zero-order valence-electron chi connectivity index (χ0n) is 22.1. The molecule has 3 aliphatic rings. The first-order chi connectivity index (χ1) is 18.9. The molecule has 1 heterocycles. The molecule has 7 heteroatoms. The van der Waals surface area contributed by atoms with E-state index in [2.05, 4.69) is 10.3 Å². The average molecular weight is 528 g/mol. The van der Waals surface area contributed by atoms with Gasteiger partial charge in [-0.1, -0.05) is 31.1 Å². The highest BCUT2D eigenvalue weighted by Crippen LogP contribution is 2.35. The summed E-state index contributed by atoms with van der Waals surface area (Å²) in [5.74, 6) is -1.89. The molecule has 0 radical (unpaired) electrons. The van der Waals surface area contributed by atoms with E-state index in [1.165, 1.54) is 19.2 Å². The lowest BCUT2D eigenvalue weighted by molar-refractivity contribution is 0.0998. The molecule has 2 N–H and O–H groups in total. The van der Waals surface area contributed by atoms with Crippen LogP contribution in [0.5, 0.6) is 5.75 Å². The molecule has 0 atom stereocenters. The predicted octanol–water partition coefficient (Wildman–Crippen LogP) is 7.74. The van der Waals surface area contributed by atoms with Gasteiger partial charge >= 0.3 is 0 Å². The van der Waals surface area contributed by atoms with Crippen molar-refractivity contribution in [2.24, 2.45) is 10.9 Å². The summed E-state index contributed by atoms with van der Waals surface area (Å²) in [5, 5.41) is 11.8. The van der Waals surface area contributed by atoms with Gasteiger partial charge in [0, 0.05) is 41.6 Å². The van der Waals surface area contributed by atoms with Crippen molar-refractivity contribution < 1.29 is 18.3 Å². The number of carbonyl (C=O) groups excluding carboxylic acids is 1. The number of nitrogens with one attached hydrogen (secondary N) is 2. The maximum atomic E-state index is 14.7. The number of fused-ring (bicyclic) bond motifs is 1. The first-order valence-electron chi connectivity index (χ1n) is 13.2. The summed E-state index contributed by atoms with van der Waals surface area (Å²) in [6.45, 7) is 1.90. The van der Waals surface area contributed by atoms with Gasteiger partial charge in [0.2, 0.25) is 5.82 Å². The number of ether oxygens (including phenoxy) is 1. The number of rotatable bonds is 8. The Balaban J connectivity index is 1.34. The molecule has 39 heavy (non-hydrogen) atoms. The van der Waals surface area contributed by atoms with Crippen LogP contribution in [-0.4, -0.2) is 24.3 Å². The topological polar surface area (TPSA) is 74.5 Å². The Morgan fingerprint density at radius 2 is 1.85 bits per heavy atom. The van der Waals surface area contributed by atoms with Crippen LogP contribution in [-0.2, 0) is 0 Å². The third kappa shape index (κ3) is 5.53. The molecule has 2 aliphatic carbocycles. The van der Waals surface area contributed by atoms with Gasteiger partial charge in [-0.3, -0.25) is 9.79 Å².